The van der Waals surface area contributed by atoms with Gasteiger partial charge in [0.25, 0.3) is 0 Å². The van der Waals surface area contributed by atoms with E-state index in [4.69, 9.17) is 9.47 Å². The van der Waals surface area contributed by atoms with Crippen molar-refractivity contribution in [1.82, 2.24) is 0 Å². The second kappa shape index (κ2) is 5.77. The van der Waals surface area contributed by atoms with Crippen LogP contribution in [0.15, 0.2) is 16.8 Å². The molecule has 0 aromatic rings. The number of carbonyl (C=O) groups excluding carboxylic acids is 2. The largest absolute Gasteiger partial charge is 0.457 e. The summed E-state index contributed by atoms with van der Waals surface area (Å²) in [5.74, 6) is -0.818. The van der Waals surface area contributed by atoms with Gasteiger partial charge < -0.3 is 9.47 Å². The Bertz CT molecular complexity index is 417. The van der Waals surface area contributed by atoms with Gasteiger partial charge in [0.2, 0.25) is 0 Å². The van der Waals surface area contributed by atoms with E-state index in [1.54, 1.807) is 20.8 Å². The topological polar surface area (TPSA) is 65.0 Å². The minimum Gasteiger partial charge on any atom is -0.457 e. The van der Waals surface area contributed by atoms with Gasteiger partial charge in [0.1, 0.15) is 16.9 Å². The molecule has 1 rings (SSSR count). The fourth-order valence-corrected chi connectivity index (χ4v) is 1.53. The van der Waals surface area contributed by atoms with Crippen molar-refractivity contribution in [3.63, 3.8) is 0 Å². The van der Waals surface area contributed by atoms with Crippen molar-refractivity contribution in [3.8, 4) is 0 Å². The van der Waals surface area contributed by atoms with Gasteiger partial charge in [0.15, 0.2) is 0 Å². The average molecular weight is 281 g/mol. The van der Waals surface area contributed by atoms with Crippen molar-refractivity contribution in [3.05, 3.63) is 11.8 Å². The van der Waals surface area contributed by atoms with Crippen molar-refractivity contribution in [2.75, 3.05) is 0 Å². The second-order valence-electron chi connectivity index (χ2n) is 6.73. The summed E-state index contributed by atoms with van der Waals surface area (Å²) in [6.45, 7) is 10.8. The smallest absolute Gasteiger partial charge is 0.353 e. The van der Waals surface area contributed by atoms with E-state index in [0.717, 1.165) is 0 Å². The monoisotopic (exact) mass is 281 g/mol. The molecule has 0 N–H and O–H groups in total. The minimum atomic E-state index is -0.547. The molecule has 0 aliphatic carbocycles. The predicted octanol–water partition coefficient (Wildman–Crippen LogP) is 2.79. The first-order valence-corrected chi connectivity index (χ1v) is 6.70. The summed E-state index contributed by atoms with van der Waals surface area (Å²) in [6, 6.07) is 0. The molecule has 5 heteroatoms. The van der Waals surface area contributed by atoms with Crippen LogP contribution in [0.2, 0.25) is 0 Å². The molecule has 0 fully saturated rings. The molecule has 0 radical (unpaired) electrons. The highest BCUT2D eigenvalue weighted by Gasteiger charge is 2.26. The summed E-state index contributed by atoms with van der Waals surface area (Å²) in [5.41, 5.74) is -0.263. The van der Waals surface area contributed by atoms with Crippen LogP contribution in [0.1, 0.15) is 54.4 Å². The van der Waals surface area contributed by atoms with E-state index in [0.29, 0.717) is 24.1 Å². The molecular formula is C15H23NO4. The SMILES string of the molecule is CC(C)(C)OC(=O)C1=CN=C(C(=O)OC(C)(C)C)CC1. The van der Waals surface area contributed by atoms with Gasteiger partial charge in [-0.15, -0.1) is 0 Å². The Hall–Kier alpha value is -1.65. The molecule has 1 aliphatic heterocycles. The number of ether oxygens (including phenoxy) is 2. The highest BCUT2D eigenvalue weighted by molar-refractivity contribution is 6.37. The Morgan fingerprint density at radius 2 is 1.45 bits per heavy atom. The molecule has 20 heavy (non-hydrogen) atoms. The molecule has 0 spiro atoms. The molecule has 112 valence electrons. The summed E-state index contributed by atoms with van der Waals surface area (Å²) in [5, 5.41) is 0. The molecular weight excluding hydrogens is 258 g/mol. The Kier molecular flexibility index (Phi) is 4.73. The zero-order chi connectivity index (χ0) is 15.6. The van der Waals surface area contributed by atoms with Crippen LogP contribution in [0.4, 0.5) is 0 Å². The predicted molar refractivity (Wildman–Crippen MR) is 76.4 cm³/mol. The summed E-state index contributed by atoms with van der Waals surface area (Å²) in [4.78, 5) is 27.7. The molecule has 0 saturated carbocycles. The maximum absolute atomic E-state index is 11.8. The van der Waals surface area contributed by atoms with Crippen LogP contribution in [-0.2, 0) is 19.1 Å². The fourth-order valence-electron chi connectivity index (χ4n) is 1.53. The van der Waals surface area contributed by atoms with Gasteiger partial charge in [-0.3, -0.25) is 4.99 Å². The Morgan fingerprint density at radius 3 is 1.85 bits per heavy atom. The Balaban J connectivity index is 2.71. The number of aliphatic imine (C=N–C) groups is 1. The Morgan fingerprint density at radius 1 is 0.950 bits per heavy atom. The first-order valence-electron chi connectivity index (χ1n) is 6.70. The maximum atomic E-state index is 11.8. The maximum Gasteiger partial charge on any atom is 0.353 e. The van der Waals surface area contributed by atoms with Crippen molar-refractivity contribution >= 4 is 17.7 Å². The molecule has 5 nitrogen and oxygen atoms in total. The van der Waals surface area contributed by atoms with Crippen molar-refractivity contribution in [2.45, 2.75) is 65.6 Å². The van der Waals surface area contributed by atoms with Crippen LogP contribution < -0.4 is 0 Å². The minimum absolute atomic E-state index is 0.340. The van der Waals surface area contributed by atoms with Gasteiger partial charge in [-0.25, -0.2) is 9.59 Å². The zero-order valence-corrected chi connectivity index (χ0v) is 13.1. The van der Waals surface area contributed by atoms with E-state index in [9.17, 15) is 9.59 Å². The van der Waals surface area contributed by atoms with Crippen molar-refractivity contribution in [2.24, 2.45) is 4.99 Å². The molecule has 0 bridgehead atoms. The molecule has 0 saturated heterocycles. The third kappa shape index (κ3) is 5.55. The van der Waals surface area contributed by atoms with Gasteiger partial charge in [0.05, 0.1) is 5.57 Å². The van der Waals surface area contributed by atoms with Gasteiger partial charge in [0, 0.05) is 12.6 Å². The molecule has 1 heterocycles. The van der Waals surface area contributed by atoms with Crippen molar-refractivity contribution in [1.29, 1.82) is 0 Å². The number of nitrogens with zero attached hydrogens (tertiary/aromatic N) is 1. The van der Waals surface area contributed by atoms with Crippen LogP contribution in [0.3, 0.4) is 0 Å². The Labute approximate surface area is 120 Å². The van der Waals surface area contributed by atoms with E-state index in [1.165, 1.54) is 6.20 Å². The lowest BCUT2D eigenvalue weighted by Crippen LogP contribution is -2.30. The van der Waals surface area contributed by atoms with Gasteiger partial charge in [-0.05, 0) is 48.0 Å². The normalized spacial score (nSPS) is 16.1. The third-order valence-electron chi connectivity index (χ3n) is 2.30. The quantitative estimate of drug-likeness (QED) is 0.730. The molecule has 1 aliphatic rings. The van der Waals surface area contributed by atoms with Crippen LogP contribution in [0, 0.1) is 0 Å². The molecule has 0 unspecified atom stereocenters. The van der Waals surface area contributed by atoms with E-state index in [-0.39, 0.29) is 5.97 Å². The van der Waals surface area contributed by atoms with E-state index < -0.39 is 17.2 Å². The number of hydrogen-bond acceptors (Lipinski definition) is 5. The van der Waals surface area contributed by atoms with Crippen LogP contribution in [-0.4, -0.2) is 28.9 Å². The van der Waals surface area contributed by atoms with E-state index in [1.807, 2.05) is 20.8 Å². The lowest BCUT2D eigenvalue weighted by molar-refractivity contribution is -0.150. The number of carbonyl (C=O) groups is 2. The van der Waals surface area contributed by atoms with Crippen LogP contribution in [0.25, 0.3) is 0 Å². The molecule has 0 aromatic carbocycles. The zero-order valence-electron chi connectivity index (χ0n) is 13.1. The summed E-state index contributed by atoms with van der Waals surface area (Å²) >= 11 is 0. The summed E-state index contributed by atoms with van der Waals surface area (Å²) < 4.78 is 10.5. The lowest BCUT2D eigenvalue weighted by Gasteiger charge is -2.22. The molecule has 0 aromatic heterocycles. The average Bonchev–Trinajstić information content (AvgIpc) is 2.24. The third-order valence-corrected chi connectivity index (χ3v) is 2.30. The van der Waals surface area contributed by atoms with Crippen LogP contribution in [0.5, 0.6) is 0 Å². The highest BCUT2D eigenvalue weighted by atomic mass is 16.6. The van der Waals surface area contributed by atoms with Crippen molar-refractivity contribution < 1.29 is 19.1 Å². The summed E-state index contributed by atoms with van der Waals surface area (Å²) in [6.07, 6.45) is 2.23. The highest BCUT2D eigenvalue weighted by Crippen LogP contribution is 2.19. The number of rotatable bonds is 2. The molecule has 0 atom stereocenters. The fraction of sp³-hybridized carbons (Fsp3) is 0.667. The van der Waals surface area contributed by atoms with Gasteiger partial charge in [-0.1, -0.05) is 0 Å². The second-order valence-corrected chi connectivity index (χ2v) is 6.73. The van der Waals surface area contributed by atoms with Gasteiger partial charge >= 0.3 is 11.9 Å². The number of hydrogen-bond donors (Lipinski definition) is 0. The first-order chi connectivity index (χ1) is 8.98. The van der Waals surface area contributed by atoms with Crippen LogP contribution >= 0.6 is 0 Å². The standard InChI is InChI=1S/C15H23NO4/c1-14(2,3)19-12(17)10-7-8-11(16-9-10)13(18)20-15(4,5)6/h9H,7-8H2,1-6H3. The van der Waals surface area contributed by atoms with E-state index in [2.05, 4.69) is 4.99 Å². The first kappa shape index (κ1) is 16.4. The molecule has 0 amide bonds. The number of esters is 2. The summed E-state index contributed by atoms with van der Waals surface area (Å²) in [7, 11) is 0. The van der Waals surface area contributed by atoms with E-state index >= 15 is 0 Å². The van der Waals surface area contributed by atoms with Gasteiger partial charge in [-0.2, -0.15) is 0 Å². The lowest BCUT2D eigenvalue weighted by atomic mass is 10.1.